The van der Waals surface area contributed by atoms with Crippen molar-refractivity contribution in [2.75, 3.05) is 13.1 Å². The summed E-state index contributed by atoms with van der Waals surface area (Å²) in [6.07, 6.45) is 3.32. The van der Waals surface area contributed by atoms with Crippen LogP contribution in [0, 0.1) is 5.82 Å². The van der Waals surface area contributed by atoms with Crippen molar-refractivity contribution in [3.05, 3.63) is 34.1 Å². The van der Waals surface area contributed by atoms with E-state index in [9.17, 15) is 9.18 Å². The van der Waals surface area contributed by atoms with Gasteiger partial charge in [-0.25, -0.2) is 4.39 Å². The molecule has 1 amide bonds. The van der Waals surface area contributed by atoms with Crippen LogP contribution in [0.4, 0.5) is 4.39 Å². The zero-order valence-corrected chi connectivity index (χ0v) is 10.5. The second-order valence-corrected chi connectivity index (χ2v) is 4.84. The molecule has 1 heterocycles. The predicted molar refractivity (Wildman–Crippen MR) is 63.9 cm³/mol. The van der Waals surface area contributed by atoms with E-state index in [2.05, 4.69) is 15.9 Å². The van der Waals surface area contributed by atoms with Gasteiger partial charge in [-0.3, -0.25) is 4.79 Å². The molecule has 1 aliphatic rings. The molecule has 2 rings (SSSR count). The third-order valence-electron chi connectivity index (χ3n) is 2.81. The number of carbonyl (C=O) groups is 1. The van der Waals surface area contributed by atoms with Crippen molar-refractivity contribution in [1.82, 2.24) is 4.90 Å². The molecule has 16 heavy (non-hydrogen) atoms. The number of rotatable bonds is 1. The van der Waals surface area contributed by atoms with E-state index in [4.69, 9.17) is 0 Å². The maximum atomic E-state index is 13.0. The molecule has 0 bridgehead atoms. The first-order valence-corrected chi connectivity index (χ1v) is 6.22. The maximum absolute atomic E-state index is 13.0. The van der Waals surface area contributed by atoms with Crippen LogP contribution < -0.4 is 0 Å². The number of amides is 1. The second-order valence-electron chi connectivity index (χ2n) is 3.98. The van der Waals surface area contributed by atoms with E-state index >= 15 is 0 Å². The molecule has 1 aromatic rings. The van der Waals surface area contributed by atoms with Crippen LogP contribution in [0.5, 0.6) is 0 Å². The molecule has 1 fully saturated rings. The maximum Gasteiger partial charge on any atom is 0.253 e. The zero-order chi connectivity index (χ0) is 11.5. The molecule has 0 unspecified atom stereocenters. The van der Waals surface area contributed by atoms with E-state index < -0.39 is 0 Å². The fraction of sp³-hybridized carbons (Fsp3) is 0.417. The number of hydrogen-bond acceptors (Lipinski definition) is 1. The number of hydrogen-bond donors (Lipinski definition) is 0. The van der Waals surface area contributed by atoms with Gasteiger partial charge in [0.15, 0.2) is 0 Å². The summed E-state index contributed by atoms with van der Waals surface area (Å²) >= 11 is 3.09. The Morgan fingerprint density at radius 2 is 1.94 bits per heavy atom. The first kappa shape index (κ1) is 11.6. The fourth-order valence-electron chi connectivity index (χ4n) is 1.91. The fourth-order valence-corrected chi connectivity index (χ4v) is 2.29. The summed E-state index contributed by atoms with van der Waals surface area (Å²) < 4.78 is 13.4. The first-order valence-electron chi connectivity index (χ1n) is 5.43. The molecule has 86 valence electrons. The van der Waals surface area contributed by atoms with Crippen LogP contribution in [0.3, 0.4) is 0 Å². The monoisotopic (exact) mass is 285 g/mol. The summed E-state index contributed by atoms with van der Waals surface area (Å²) in [5.74, 6) is -0.337. The number of piperidine rings is 1. The Bertz CT molecular complexity index is 402. The molecule has 1 saturated heterocycles. The Morgan fingerprint density at radius 3 is 2.56 bits per heavy atom. The van der Waals surface area contributed by atoms with E-state index in [1.807, 2.05) is 4.90 Å². The van der Waals surface area contributed by atoms with Crippen molar-refractivity contribution in [2.45, 2.75) is 19.3 Å². The molecule has 4 heteroatoms. The smallest absolute Gasteiger partial charge is 0.253 e. The quantitative estimate of drug-likeness (QED) is 0.776. The average molecular weight is 286 g/mol. The molecule has 0 saturated carbocycles. The van der Waals surface area contributed by atoms with Gasteiger partial charge in [-0.1, -0.05) is 0 Å². The van der Waals surface area contributed by atoms with Crippen LogP contribution >= 0.6 is 15.9 Å². The molecule has 1 aromatic carbocycles. The van der Waals surface area contributed by atoms with Gasteiger partial charge in [-0.15, -0.1) is 0 Å². The SMILES string of the molecule is O=C(c1ccc(F)c(Br)c1)N1CCCCC1. The third kappa shape index (κ3) is 2.43. The highest BCUT2D eigenvalue weighted by atomic mass is 79.9. The Hall–Kier alpha value is -0.900. The molecule has 2 nitrogen and oxygen atoms in total. The van der Waals surface area contributed by atoms with E-state index in [0.717, 1.165) is 25.9 Å². The average Bonchev–Trinajstić information content (AvgIpc) is 2.33. The third-order valence-corrected chi connectivity index (χ3v) is 3.42. The number of halogens is 2. The minimum Gasteiger partial charge on any atom is -0.339 e. The highest BCUT2D eigenvalue weighted by molar-refractivity contribution is 9.10. The summed E-state index contributed by atoms with van der Waals surface area (Å²) in [4.78, 5) is 13.9. The number of carbonyl (C=O) groups excluding carboxylic acids is 1. The summed E-state index contributed by atoms with van der Waals surface area (Å²) in [6, 6.07) is 4.41. The van der Waals surface area contributed by atoms with Crippen LogP contribution in [-0.2, 0) is 0 Å². The summed E-state index contributed by atoms with van der Waals surface area (Å²) in [5, 5.41) is 0. The summed E-state index contributed by atoms with van der Waals surface area (Å²) in [5.41, 5.74) is 0.551. The van der Waals surface area contributed by atoms with Crippen molar-refractivity contribution in [3.8, 4) is 0 Å². The molecule has 0 aromatic heterocycles. The number of benzene rings is 1. The minimum atomic E-state index is -0.338. The van der Waals surface area contributed by atoms with Gasteiger partial charge in [0.1, 0.15) is 5.82 Å². The highest BCUT2D eigenvalue weighted by Gasteiger charge is 2.18. The van der Waals surface area contributed by atoms with E-state index in [-0.39, 0.29) is 11.7 Å². The highest BCUT2D eigenvalue weighted by Crippen LogP contribution is 2.19. The van der Waals surface area contributed by atoms with Gasteiger partial charge >= 0.3 is 0 Å². The van der Waals surface area contributed by atoms with Crippen molar-refractivity contribution in [2.24, 2.45) is 0 Å². The molecular weight excluding hydrogens is 273 g/mol. The predicted octanol–water partition coefficient (Wildman–Crippen LogP) is 3.21. The Morgan fingerprint density at radius 1 is 1.25 bits per heavy atom. The van der Waals surface area contributed by atoms with Crippen LogP contribution in [0.25, 0.3) is 0 Å². The van der Waals surface area contributed by atoms with Gasteiger partial charge in [0.05, 0.1) is 4.47 Å². The Labute approximate surface area is 103 Å². The molecule has 1 aliphatic heterocycles. The lowest BCUT2D eigenvalue weighted by atomic mass is 10.1. The van der Waals surface area contributed by atoms with Crippen LogP contribution in [0.15, 0.2) is 22.7 Å². The number of likely N-dealkylation sites (tertiary alicyclic amines) is 1. The zero-order valence-electron chi connectivity index (χ0n) is 8.88. The van der Waals surface area contributed by atoms with Gasteiger partial charge in [0.2, 0.25) is 0 Å². The van der Waals surface area contributed by atoms with Crippen LogP contribution in [0.1, 0.15) is 29.6 Å². The lowest BCUT2D eigenvalue weighted by Crippen LogP contribution is -2.35. The normalized spacial score (nSPS) is 16.2. The standard InChI is InChI=1S/C12H13BrFNO/c13-10-8-9(4-5-11(10)14)12(16)15-6-2-1-3-7-15/h4-5,8H,1-3,6-7H2. The van der Waals surface area contributed by atoms with Crippen molar-refractivity contribution >= 4 is 21.8 Å². The summed E-state index contributed by atoms with van der Waals surface area (Å²) in [6.45, 7) is 1.63. The van der Waals surface area contributed by atoms with Gasteiger partial charge in [0.25, 0.3) is 5.91 Å². The lowest BCUT2D eigenvalue weighted by Gasteiger charge is -2.26. The van der Waals surface area contributed by atoms with Crippen molar-refractivity contribution in [3.63, 3.8) is 0 Å². The van der Waals surface area contributed by atoms with E-state index in [1.54, 1.807) is 6.07 Å². The van der Waals surface area contributed by atoms with Gasteiger partial charge < -0.3 is 4.90 Å². The van der Waals surface area contributed by atoms with E-state index in [0.29, 0.717) is 10.0 Å². The molecule has 0 spiro atoms. The van der Waals surface area contributed by atoms with Gasteiger partial charge in [-0.2, -0.15) is 0 Å². The largest absolute Gasteiger partial charge is 0.339 e. The Kier molecular flexibility index (Phi) is 3.59. The minimum absolute atomic E-state index is 0.000370. The Balaban J connectivity index is 2.16. The summed E-state index contributed by atoms with van der Waals surface area (Å²) in [7, 11) is 0. The van der Waals surface area contributed by atoms with Crippen molar-refractivity contribution in [1.29, 1.82) is 0 Å². The first-order chi connectivity index (χ1) is 7.68. The molecule has 0 radical (unpaired) electrons. The number of nitrogens with zero attached hydrogens (tertiary/aromatic N) is 1. The molecule has 0 aliphatic carbocycles. The lowest BCUT2D eigenvalue weighted by molar-refractivity contribution is 0.0724. The van der Waals surface area contributed by atoms with Gasteiger partial charge in [0, 0.05) is 18.7 Å². The van der Waals surface area contributed by atoms with Crippen molar-refractivity contribution < 1.29 is 9.18 Å². The molecular formula is C12H13BrFNO. The topological polar surface area (TPSA) is 20.3 Å². The van der Waals surface area contributed by atoms with E-state index in [1.165, 1.54) is 18.6 Å². The van der Waals surface area contributed by atoms with Crippen LogP contribution in [0.2, 0.25) is 0 Å². The second kappa shape index (κ2) is 4.95. The van der Waals surface area contributed by atoms with Gasteiger partial charge in [-0.05, 0) is 53.4 Å². The molecule has 0 atom stereocenters. The molecule has 0 N–H and O–H groups in total. The van der Waals surface area contributed by atoms with Crippen LogP contribution in [-0.4, -0.2) is 23.9 Å².